The maximum Gasteiger partial charge on any atom is 0.267 e. The lowest BCUT2D eigenvalue weighted by atomic mass is 10.0. The van der Waals surface area contributed by atoms with E-state index in [0.717, 1.165) is 11.3 Å². The number of aryl methyl sites for hydroxylation is 1. The third-order valence-electron chi connectivity index (χ3n) is 3.78. The molecule has 0 aliphatic carbocycles. The number of carbonyl (C=O) groups excluding carboxylic acids is 1. The molecule has 2 aromatic carbocycles. The number of carbonyl (C=O) groups is 1. The lowest BCUT2D eigenvalue weighted by molar-refractivity contribution is -0.112. The molecule has 0 saturated carbocycles. The van der Waals surface area contributed by atoms with E-state index in [1.54, 1.807) is 19.1 Å². The molecule has 3 N–H and O–H groups in total. The Morgan fingerprint density at radius 2 is 1.92 bits per heavy atom. The first-order valence-corrected chi connectivity index (χ1v) is 7.99. The minimum atomic E-state index is -0.509. The molecule has 0 fully saturated rings. The van der Waals surface area contributed by atoms with Gasteiger partial charge in [0.2, 0.25) is 0 Å². The number of phenols is 1. The molecule has 2 rings (SSSR count). The van der Waals surface area contributed by atoms with Gasteiger partial charge in [-0.1, -0.05) is 32.0 Å². The number of benzene rings is 2. The molecule has 0 aromatic heterocycles. The highest BCUT2D eigenvalue weighted by atomic mass is 16.3. The molecular formula is C20H21N3O2. The molecule has 0 saturated heterocycles. The highest BCUT2D eigenvalue weighted by molar-refractivity contribution is 6.07. The quantitative estimate of drug-likeness (QED) is 0.432. The molecule has 0 heterocycles. The number of phenolic OH excluding ortho intramolecular Hbond substituents is 1. The summed E-state index contributed by atoms with van der Waals surface area (Å²) >= 11 is 0. The van der Waals surface area contributed by atoms with Gasteiger partial charge in [0.25, 0.3) is 5.91 Å². The van der Waals surface area contributed by atoms with Crippen LogP contribution in [0.15, 0.2) is 54.2 Å². The molecule has 5 nitrogen and oxygen atoms in total. The molecule has 2 aromatic rings. The Bertz CT molecular complexity index is 848. The van der Waals surface area contributed by atoms with E-state index in [2.05, 4.69) is 24.5 Å². The number of hydrogen-bond donors (Lipinski definition) is 3. The van der Waals surface area contributed by atoms with E-state index in [1.165, 1.54) is 12.3 Å². The van der Waals surface area contributed by atoms with Gasteiger partial charge in [-0.25, -0.2) is 0 Å². The summed E-state index contributed by atoms with van der Waals surface area (Å²) in [5.41, 5.74) is 3.19. The van der Waals surface area contributed by atoms with Crippen molar-refractivity contribution in [2.75, 3.05) is 10.6 Å². The maximum atomic E-state index is 12.3. The van der Waals surface area contributed by atoms with Crippen molar-refractivity contribution in [3.63, 3.8) is 0 Å². The number of para-hydroxylation sites is 1. The summed E-state index contributed by atoms with van der Waals surface area (Å²) in [4.78, 5) is 12.3. The summed E-state index contributed by atoms with van der Waals surface area (Å²) in [5, 5.41) is 24.4. The highest BCUT2D eigenvalue weighted by Gasteiger charge is 2.12. The van der Waals surface area contributed by atoms with E-state index >= 15 is 0 Å². The zero-order chi connectivity index (χ0) is 18.4. The van der Waals surface area contributed by atoms with Gasteiger partial charge in [-0.3, -0.25) is 4.79 Å². The third kappa shape index (κ3) is 4.61. The average molecular weight is 335 g/mol. The Kier molecular flexibility index (Phi) is 5.80. The Balaban J connectivity index is 2.17. The second-order valence-corrected chi connectivity index (χ2v) is 6.01. The maximum absolute atomic E-state index is 12.3. The van der Waals surface area contributed by atoms with Crippen LogP contribution in [0.25, 0.3) is 0 Å². The van der Waals surface area contributed by atoms with Gasteiger partial charge < -0.3 is 15.7 Å². The molecule has 0 spiro atoms. The van der Waals surface area contributed by atoms with Crippen molar-refractivity contribution in [1.82, 2.24) is 0 Å². The predicted octanol–water partition coefficient (Wildman–Crippen LogP) is 4.28. The van der Waals surface area contributed by atoms with Crippen molar-refractivity contribution >= 4 is 17.3 Å². The fraction of sp³-hybridized carbons (Fsp3) is 0.200. The smallest absolute Gasteiger partial charge is 0.267 e. The number of anilines is 2. The van der Waals surface area contributed by atoms with Crippen LogP contribution in [0.2, 0.25) is 0 Å². The van der Waals surface area contributed by atoms with Crippen LogP contribution in [0, 0.1) is 18.3 Å². The number of nitriles is 1. The van der Waals surface area contributed by atoms with Gasteiger partial charge in [0, 0.05) is 17.6 Å². The lowest BCUT2D eigenvalue weighted by Crippen LogP contribution is -2.15. The average Bonchev–Trinajstić information content (AvgIpc) is 2.58. The van der Waals surface area contributed by atoms with Crippen molar-refractivity contribution in [3.8, 4) is 11.8 Å². The molecule has 1 amide bonds. The number of nitrogens with zero attached hydrogens (tertiary/aromatic N) is 1. The Morgan fingerprint density at radius 3 is 2.56 bits per heavy atom. The minimum absolute atomic E-state index is 0.0361. The SMILES string of the molecule is Cc1cc(O)ccc1NC(=O)/C(C#N)=C\Nc1ccccc1C(C)C. The fourth-order valence-corrected chi connectivity index (χ4v) is 2.41. The Morgan fingerprint density at radius 1 is 1.20 bits per heavy atom. The second-order valence-electron chi connectivity index (χ2n) is 6.01. The molecule has 128 valence electrons. The van der Waals surface area contributed by atoms with Crippen LogP contribution in [0.3, 0.4) is 0 Å². The van der Waals surface area contributed by atoms with Crippen LogP contribution in [0.5, 0.6) is 5.75 Å². The van der Waals surface area contributed by atoms with E-state index in [1.807, 2.05) is 30.3 Å². The van der Waals surface area contributed by atoms with E-state index in [9.17, 15) is 15.2 Å². The zero-order valence-electron chi connectivity index (χ0n) is 14.5. The van der Waals surface area contributed by atoms with Crippen LogP contribution >= 0.6 is 0 Å². The molecule has 5 heteroatoms. The molecule has 0 atom stereocenters. The third-order valence-corrected chi connectivity index (χ3v) is 3.78. The normalized spacial score (nSPS) is 11.1. The van der Waals surface area contributed by atoms with Crippen LogP contribution < -0.4 is 10.6 Å². The molecular weight excluding hydrogens is 314 g/mol. The zero-order valence-corrected chi connectivity index (χ0v) is 14.5. The number of amides is 1. The van der Waals surface area contributed by atoms with E-state index < -0.39 is 5.91 Å². The topological polar surface area (TPSA) is 85.2 Å². The minimum Gasteiger partial charge on any atom is -0.508 e. The van der Waals surface area contributed by atoms with Crippen LogP contribution in [0.1, 0.15) is 30.9 Å². The molecule has 0 aliphatic heterocycles. The summed E-state index contributed by atoms with van der Waals surface area (Å²) in [6.07, 6.45) is 1.41. The van der Waals surface area contributed by atoms with Crippen molar-refractivity contribution in [2.24, 2.45) is 0 Å². The van der Waals surface area contributed by atoms with Gasteiger partial charge in [0.05, 0.1) is 0 Å². The van der Waals surface area contributed by atoms with Crippen molar-refractivity contribution in [2.45, 2.75) is 26.7 Å². The molecule has 0 bridgehead atoms. The number of nitrogens with one attached hydrogen (secondary N) is 2. The summed E-state index contributed by atoms with van der Waals surface area (Å²) in [6, 6.07) is 14.3. The van der Waals surface area contributed by atoms with Gasteiger partial charge in [0.15, 0.2) is 0 Å². The number of rotatable bonds is 5. The van der Waals surface area contributed by atoms with E-state index in [4.69, 9.17) is 0 Å². The molecule has 0 unspecified atom stereocenters. The largest absolute Gasteiger partial charge is 0.508 e. The lowest BCUT2D eigenvalue weighted by Gasteiger charge is -2.12. The monoisotopic (exact) mass is 335 g/mol. The first-order chi connectivity index (χ1) is 11.9. The summed E-state index contributed by atoms with van der Waals surface area (Å²) < 4.78 is 0. The molecule has 0 radical (unpaired) electrons. The van der Waals surface area contributed by atoms with E-state index in [0.29, 0.717) is 17.2 Å². The standard InChI is InChI=1S/C20H21N3O2/c1-13(2)17-6-4-5-7-19(17)22-12-15(11-21)20(25)23-18-9-8-16(24)10-14(18)3/h4-10,12-13,22,24H,1-3H3,(H,23,25)/b15-12-. The first kappa shape index (κ1) is 18.1. The number of aromatic hydroxyl groups is 1. The summed E-state index contributed by atoms with van der Waals surface area (Å²) in [5.74, 6) is -0.0690. The first-order valence-electron chi connectivity index (χ1n) is 7.99. The summed E-state index contributed by atoms with van der Waals surface area (Å²) in [6.45, 7) is 5.92. The van der Waals surface area contributed by atoms with Gasteiger partial charge in [-0.15, -0.1) is 0 Å². The number of hydrogen-bond acceptors (Lipinski definition) is 4. The van der Waals surface area contributed by atoms with Gasteiger partial charge in [-0.2, -0.15) is 5.26 Å². The Hall–Kier alpha value is -3.26. The van der Waals surface area contributed by atoms with Crippen molar-refractivity contribution < 1.29 is 9.90 Å². The highest BCUT2D eigenvalue weighted by Crippen LogP contribution is 2.24. The Labute approximate surface area is 147 Å². The van der Waals surface area contributed by atoms with Crippen LogP contribution in [0.4, 0.5) is 11.4 Å². The van der Waals surface area contributed by atoms with Gasteiger partial charge >= 0.3 is 0 Å². The van der Waals surface area contributed by atoms with Gasteiger partial charge in [0.1, 0.15) is 17.4 Å². The van der Waals surface area contributed by atoms with Crippen LogP contribution in [-0.4, -0.2) is 11.0 Å². The van der Waals surface area contributed by atoms with Gasteiger partial charge in [-0.05, 0) is 48.2 Å². The predicted molar refractivity (Wildman–Crippen MR) is 99.3 cm³/mol. The second kappa shape index (κ2) is 8.02. The van der Waals surface area contributed by atoms with Crippen molar-refractivity contribution in [3.05, 3.63) is 65.4 Å². The van der Waals surface area contributed by atoms with Crippen molar-refractivity contribution in [1.29, 1.82) is 5.26 Å². The van der Waals surface area contributed by atoms with E-state index in [-0.39, 0.29) is 11.3 Å². The fourth-order valence-electron chi connectivity index (χ4n) is 2.41. The molecule has 0 aliphatic rings. The van der Waals surface area contributed by atoms with Crippen LogP contribution in [-0.2, 0) is 4.79 Å². The summed E-state index contributed by atoms with van der Waals surface area (Å²) in [7, 11) is 0. The molecule has 25 heavy (non-hydrogen) atoms.